The van der Waals surface area contributed by atoms with Crippen LogP contribution in [0.5, 0.6) is 5.75 Å². The van der Waals surface area contributed by atoms with E-state index in [1.807, 2.05) is 0 Å². The summed E-state index contributed by atoms with van der Waals surface area (Å²) in [4.78, 5) is 0. The molecule has 1 atom stereocenters. The van der Waals surface area contributed by atoms with Gasteiger partial charge in [-0.2, -0.15) is 0 Å². The third-order valence-corrected chi connectivity index (χ3v) is 5.52. The quantitative estimate of drug-likeness (QED) is 0.342. The van der Waals surface area contributed by atoms with Crippen molar-refractivity contribution < 1.29 is 4.74 Å². The molecule has 1 unspecified atom stereocenters. The second kappa shape index (κ2) is 8.75. The van der Waals surface area contributed by atoms with E-state index in [0.717, 1.165) is 25.0 Å². The van der Waals surface area contributed by atoms with Crippen LogP contribution in [-0.2, 0) is 6.42 Å². The van der Waals surface area contributed by atoms with E-state index in [1.54, 1.807) is 7.11 Å². The van der Waals surface area contributed by atoms with Crippen LogP contribution in [0, 0.1) is 0 Å². The topological polar surface area (TPSA) is 9.23 Å². The highest BCUT2D eigenvalue weighted by Gasteiger charge is 2.17. The lowest BCUT2D eigenvalue weighted by Crippen LogP contribution is -2.03. The maximum absolute atomic E-state index is 5.36. The number of ether oxygens (including phenoxy) is 1. The summed E-state index contributed by atoms with van der Waals surface area (Å²) in [6.07, 6.45) is 3.39. The fourth-order valence-electron chi connectivity index (χ4n) is 4.05. The summed E-state index contributed by atoms with van der Waals surface area (Å²) in [5, 5.41) is 2.66. The number of hydrogen-bond donors (Lipinski definition) is 0. The van der Waals surface area contributed by atoms with Gasteiger partial charge in [-0.1, -0.05) is 84.9 Å². The highest BCUT2D eigenvalue weighted by molar-refractivity contribution is 5.86. The Kier molecular flexibility index (Phi) is 5.72. The summed E-state index contributed by atoms with van der Waals surface area (Å²) < 4.78 is 5.36. The molecule has 0 saturated heterocycles. The molecule has 4 aromatic rings. The van der Waals surface area contributed by atoms with Crippen LogP contribution < -0.4 is 4.74 Å². The summed E-state index contributed by atoms with van der Waals surface area (Å²) in [7, 11) is 1.72. The lowest BCUT2D eigenvalue weighted by Gasteiger charge is -2.20. The van der Waals surface area contributed by atoms with Gasteiger partial charge in [0, 0.05) is 5.92 Å². The normalized spacial score (nSPS) is 12.0. The fraction of sp³-hybridized carbons (Fsp3) is 0.185. The van der Waals surface area contributed by atoms with Crippen molar-refractivity contribution in [3.63, 3.8) is 0 Å². The Morgan fingerprint density at radius 3 is 2.21 bits per heavy atom. The van der Waals surface area contributed by atoms with Gasteiger partial charge >= 0.3 is 0 Å². The molecule has 0 bridgehead atoms. The van der Waals surface area contributed by atoms with Crippen molar-refractivity contribution in [2.24, 2.45) is 0 Å². The fourth-order valence-corrected chi connectivity index (χ4v) is 4.05. The average molecular weight is 367 g/mol. The molecule has 4 aromatic carbocycles. The van der Waals surface area contributed by atoms with Crippen LogP contribution >= 0.6 is 0 Å². The lowest BCUT2D eigenvalue weighted by atomic mass is 9.84. The van der Waals surface area contributed by atoms with Gasteiger partial charge in [-0.05, 0) is 58.9 Å². The van der Waals surface area contributed by atoms with Crippen LogP contribution in [0.15, 0.2) is 97.1 Å². The SMILES string of the molecule is COc1ccc(C(CCCc2ccccc2)c2cccc3ccccc23)cc1. The first-order valence-corrected chi connectivity index (χ1v) is 10.0. The van der Waals surface area contributed by atoms with Crippen molar-refractivity contribution in [1.29, 1.82) is 0 Å². The number of aryl methyl sites for hydroxylation is 1. The second-order valence-corrected chi connectivity index (χ2v) is 7.27. The van der Waals surface area contributed by atoms with Gasteiger partial charge in [0.15, 0.2) is 0 Å². The molecular formula is C27H26O. The van der Waals surface area contributed by atoms with Crippen LogP contribution in [0.2, 0.25) is 0 Å². The molecule has 0 saturated carbocycles. The summed E-state index contributed by atoms with van der Waals surface area (Å²) in [5.41, 5.74) is 4.18. The minimum atomic E-state index is 0.376. The molecule has 0 aliphatic carbocycles. The standard InChI is InChI=1S/C27H26O/c1-28-24-19-17-23(18-20-24)26(15-7-11-21-9-3-2-4-10-21)27-16-8-13-22-12-5-6-14-25(22)27/h2-6,8-10,12-14,16-20,26H,7,11,15H2,1H3. The van der Waals surface area contributed by atoms with Gasteiger partial charge in [0.1, 0.15) is 5.75 Å². The molecule has 28 heavy (non-hydrogen) atoms. The molecule has 0 heterocycles. The molecule has 0 spiro atoms. The summed E-state index contributed by atoms with van der Waals surface area (Å²) in [5.74, 6) is 1.28. The highest BCUT2D eigenvalue weighted by atomic mass is 16.5. The van der Waals surface area contributed by atoms with Crippen molar-refractivity contribution in [3.05, 3.63) is 114 Å². The Bertz CT molecular complexity index is 1010. The van der Waals surface area contributed by atoms with Crippen LogP contribution in [-0.4, -0.2) is 7.11 Å². The van der Waals surface area contributed by atoms with E-state index in [9.17, 15) is 0 Å². The summed E-state index contributed by atoms with van der Waals surface area (Å²) in [6, 6.07) is 34.7. The van der Waals surface area contributed by atoms with Gasteiger partial charge in [0.05, 0.1) is 7.11 Å². The number of fused-ring (bicyclic) bond motifs is 1. The maximum atomic E-state index is 5.36. The molecule has 1 heteroatoms. The van der Waals surface area contributed by atoms with Crippen molar-refractivity contribution >= 4 is 10.8 Å². The molecule has 1 nitrogen and oxygen atoms in total. The summed E-state index contributed by atoms with van der Waals surface area (Å²) >= 11 is 0. The van der Waals surface area contributed by atoms with E-state index in [-0.39, 0.29) is 0 Å². The molecule has 0 radical (unpaired) electrons. The Hall–Kier alpha value is -3.06. The minimum absolute atomic E-state index is 0.376. The van der Waals surface area contributed by atoms with Gasteiger partial charge in [0.25, 0.3) is 0 Å². The van der Waals surface area contributed by atoms with Gasteiger partial charge in [-0.25, -0.2) is 0 Å². The van der Waals surface area contributed by atoms with Crippen molar-refractivity contribution in [2.45, 2.75) is 25.2 Å². The monoisotopic (exact) mass is 366 g/mol. The smallest absolute Gasteiger partial charge is 0.118 e. The molecule has 0 aliphatic rings. The average Bonchev–Trinajstić information content (AvgIpc) is 2.77. The van der Waals surface area contributed by atoms with Crippen molar-refractivity contribution in [1.82, 2.24) is 0 Å². The first kappa shape index (κ1) is 18.3. The summed E-state index contributed by atoms with van der Waals surface area (Å²) in [6.45, 7) is 0. The molecular weight excluding hydrogens is 340 g/mol. The van der Waals surface area contributed by atoms with Gasteiger partial charge < -0.3 is 4.74 Å². The van der Waals surface area contributed by atoms with Gasteiger partial charge in [-0.3, -0.25) is 0 Å². The molecule has 0 fully saturated rings. The second-order valence-electron chi connectivity index (χ2n) is 7.27. The molecule has 0 aliphatic heterocycles. The van der Waals surface area contributed by atoms with Crippen molar-refractivity contribution in [3.8, 4) is 5.75 Å². The molecule has 4 rings (SSSR count). The maximum Gasteiger partial charge on any atom is 0.118 e. The van der Waals surface area contributed by atoms with Crippen LogP contribution in [0.4, 0.5) is 0 Å². The molecule has 0 N–H and O–H groups in total. The van der Waals surface area contributed by atoms with Gasteiger partial charge in [0.2, 0.25) is 0 Å². The van der Waals surface area contributed by atoms with E-state index in [0.29, 0.717) is 5.92 Å². The van der Waals surface area contributed by atoms with E-state index in [2.05, 4.69) is 97.1 Å². The third-order valence-electron chi connectivity index (χ3n) is 5.52. The van der Waals surface area contributed by atoms with E-state index in [1.165, 1.54) is 27.5 Å². The number of benzene rings is 4. The predicted molar refractivity (Wildman–Crippen MR) is 118 cm³/mol. The molecule has 0 aromatic heterocycles. The zero-order valence-electron chi connectivity index (χ0n) is 16.3. The largest absolute Gasteiger partial charge is 0.497 e. The predicted octanol–water partition coefficient (Wildman–Crippen LogP) is 7.00. The first-order chi connectivity index (χ1) is 13.8. The number of methoxy groups -OCH3 is 1. The first-order valence-electron chi connectivity index (χ1n) is 10.0. The van der Waals surface area contributed by atoms with E-state index < -0.39 is 0 Å². The Balaban J connectivity index is 1.66. The third kappa shape index (κ3) is 4.09. The Morgan fingerprint density at radius 1 is 0.714 bits per heavy atom. The van der Waals surface area contributed by atoms with Crippen LogP contribution in [0.25, 0.3) is 10.8 Å². The zero-order valence-corrected chi connectivity index (χ0v) is 16.3. The Labute approximate surface area is 167 Å². The zero-order chi connectivity index (χ0) is 19.2. The van der Waals surface area contributed by atoms with Gasteiger partial charge in [-0.15, -0.1) is 0 Å². The van der Waals surface area contributed by atoms with E-state index in [4.69, 9.17) is 4.74 Å². The van der Waals surface area contributed by atoms with Crippen molar-refractivity contribution in [2.75, 3.05) is 7.11 Å². The minimum Gasteiger partial charge on any atom is -0.497 e. The Morgan fingerprint density at radius 2 is 1.43 bits per heavy atom. The lowest BCUT2D eigenvalue weighted by molar-refractivity contribution is 0.414. The molecule has 0 amide bonds. The van der Waals surface area contributed by atoms with Crippen LogP contribution in [0.1, 0.15) is 35.4 Å². The number of rotatable bonds is 7. The molecule has 140 valence electrons. The highest BCUT2D eigenvalue weighted by Crippen LogP contribution is 2.35. The van der Waals surface area contributed by atoms with Crippen LogP contribution in [0.3, 0.4) is 0 Å². The van der Waals surface area contributed by atoms with E-state index >= 15 is 0 Å². The number of hydrogen-bond acceptors (Lipinski definition) is 1.